The van der Waals surface area contributed by atoms with Crippen molar-refractivity contribution in [2.45, 2.75) is 25.8 Å². The van der Waals surface area contributed by atoms with E-state index >= 15 is 0 Å². The van der Waals surface area contributed by atoms with Gasteiger partial charge in [0.15, 0.2) is 0 Å². The van der Waals surface area contributed by atoms with Crippen molar-refractivity contribution in [1.82, 2.24) is 10.3 Å². The van der Waals surface area contributed by atoms with Gasteiger partial charge in [-0.3, -0.25) is 4.98 Å². The van der Waals surface area contributed by atoms with Crippen LogP contribution in [0.3, 0.4) is 0 Å². The average Bonchev–Trinajstić information content (AvgIpc) is 2.48. The molecule has 112 valence electrons. The summed E-state index contributed by atoms with van der Waals surface area (Å²) in [5, 5.41) is 5.51. The molecule has 1 aromatic heterocycles. The van der Waals surface area contributed by atoms with Gasteiger partial charge in [-0.05, 0) is 55.3 Å². The van der Waals surface area contributed by atoms with Crippen LogP contribution in [0.15, 0.2) is 36.5 Å². The van der Waals surface area contributed by atoms with Crippen LogP contribution in [0.4, 0.5) is 0 Å². The molecule has 2 rings (SSSR count). The standard InChI is InChI=1S/C16H17Cl3N2/c1-2-7-20-15(16-14(19)4-3-8-21-16)10-11-9-12(17)5-6-13(11)18/h3-6,8-9,15,20H,2,7,10H2,1H3. The lowest BCUT2D eigenvalue weighted by Crippen LogP contribution is -2.25. The molecule has 2 nitrogen and oxygen atoms in total. The van der Waals surface area contributed by atoms with Gasteiger partial charge in [0.1, 0.15) is 0 Å². The van der Waals surface area contributed by atoms with Gasteiger partial charge in [-0.1, -0.05) is 41.7 Å². The molecule has 0 saturated heterocycles. The molecule has 1 heterocycles. The van der Waals surface area contributed by atoms with Crippen molar-refractivity contribution in [3.05, 3.63) is 62.9 Å². The molecule has 0 aliphatic carbocycles. The first-order valence-electron chi connectivity index (χ1n) is 6.89. The Morgan fingerprint density at radius 2 is 1.95 bits per heavy atom. The van der Waals surface area contributed by atoms with Crippen LogP contribution in [0, 0.1) is 0 Å². The number of hydrogen-bond donors (Lipinski definition) is 1. The van der Waals surface area contributed by atoms with Gasteiger partial charge in [0.05, 0.1) is 16.8 Å². The summed E-state index contributed by atoms with van der Waals surface area (Å²) in [7, 11) is 0. The van der Waals surface area contributed by atoms with Crippen molar-refractivity contribution in [3.8, 4) is 0 Å². The second kappa shape index (κ2) is 8.00. The molecule has 0 radical (unpaired) electrons. The Bertz CT molecular complexity index is 602. The van der Waals surface area contributed by atoms with Gasteiger partial charge in [0.25, 0.3) is 0 Å². The minimum Gasteiger partial charge on any atom is -0.308 e. The lowest BCUT2D eigenvalue weighted by molar-refractivity contribution is 0.518. The van der Waals surface area contributed by atoms with Crippen molar-refractivity contribution < 1.29 is 0 Å². The third-order valence-electron chi connectivity index (χ3n) is 3.19. The number of nitrogens with one attached hydrogen (secondary N) is 1. The second-order valence-corrected chi connectivity index (χ2v) is 6.07. The minimum atomic E-state index is 0.00890. The summed E-state index contributed by atoms with van der Waals surface area (Å²) >= 11 is 18.6. The normalized spacial score (nSPS) is 12.4. The van der Waals surface area contributed by atoms with Gasteiger partial charge in [-0.25, -0.2) is 0 Å². The molecule has 1 atom stereocenters. The number of halogens is 3. The maximum atomic E-state index is 6.27. The Balaban J connectivity index is 2.28. The first-order valence-corrected chi connectivity index (χ1v) is 8.03. The lowest BCUT2D eigenvalue weighted by atomic mass is 10.0. The zero-order chi connectivity index (χ0) is 15.2. The van der Waals surface area contributed by atoms with E-state index in [1.54, 1.807) is 12.3 Å². The third kappa shape index (κ3) is 4.58. The molecule has 0 spiro atoms. The molecule has 2 aromatic rings. The molecule has 1 unspecified atom stereocenters. The Hall–Kier alpha value is -0.800. The van der Waals surface area contributed by atoms with Crippen LogP contribution >= 0.6 is 34.8 Å². The predicted molar refractivity (Wildman–Crippen MR) is 90.4 cm³/mol. The van der Waals surface area contributed by atoms with Crippen molar-refractivity contribution in [3.63, 3.8) is 0 Å². The van der Waals surface area contributed by atoms with E-state index in [4.69, 9.17) is 34.8 Å². The SMILES string of the molecule is CCCNC(Cc1cc(Cl)ccc1Cl)c1ncccc1Cl. The largest absolute Gasteiger partial charge is 0.308 e. The summed E-state index contributed by atoms with van der Waals surface area (Å²) < 4.78 is 0. The summed E-state index contributed by atoms with van der Waals surface area (Å²) in [5.41, 5.74) is 1.82. The highest BCUT2D eigenvalue weighted by Gasteiger charge is 2.17. The highest BCUT2D eigenvalue weighted by atomic mass is 35.5. The van der Waals surface area contributed by atoms with Crippen LogP contribution in [-0.4, -0.2) is 11.5 Å². The molecule has 0 saturated carbocycles. The van der Waals surface area contributed by atoms with Crippen LogP contribution in [0.1, 0.15) is 30.6 Å². The fraction of sp³-hybridized carbons (Fsp3) is 0.312. The van der Waals surface area contributed by atoms with Crippen LogP contribution < -0.4 is 5.32 Å². The maximum Gasteiger partial charge on any atom is 0.0762 e. The number of aromatic nitrogens is 1. The van der Waals surface area contributed by atoms with Gasteiger partial charge in [0, 0.05) is 16.2 Å². The Morgan fingerprint density at radius 3 is 2.67 bits per heavy atom. The Morgan fingerprint density at radius 1 is 1.14 bits per heavy atom. The van der Waals surface area contributed by atoms with Crippen molar-refractivity contribution in [2.24, 2.45) is 0 Å². The maximum absolute atomic E-state index is 6.27. The highest BCUT2D eigenvalue weighted by Crippen LogP contribution is 2.28. The summed E-state index contributed by atoms with van der Waals surface area (Å²) in [6.45, 7) is 3.01. The molecule has 0 aliphatic rings. The summed E-state index contributed by atoms with van der Waals surface area (Å²) in [6.07, 6.45) is 3.47. The van der Waals surface area contributed by atoms with E-state index in [1.165, 1.54) is 0 Å². The van der Waals surface area contributed by atoms with Gasteiger partial charge in [-0.2, -0.15) is 0 Å². The minimum absolute atomic E-state index is 0.00890. The summed E-state index contributed by atoms with van der Waals surface area (Å²) in [4.78, 5) is 4.41. The highest BCUT2D eigenvalue weighted by molar-refractivity contribution is 6.33. The monoisotopic (exact) mass is 342 g/mol. The molecule has 0 aliphatic heterocycles. The van der Waals surface area contributed by atoms with Gasteiger partial charge < -0.3 is 5.32 Å². The van der Waals surface area contributed by atoms with E-state index < -0.39 is 0 Å². The van der Waals surface area contributed by atoms with Gasteiger partial charge >= 0.3 is 0 Å². The summed E-state index contributed by atoms with van der Waals surface area (Å²) in [5.74, 6) is 0. The molecular formula is C16H17Cl3N2. The number of hydrogen-bond acceptors (Lipinski definition) is 2. The fourth-order valence-corrected chi connectivity index (χ4v) is 2.80. The number of nitrogens with zero attached hydrogens (tertiary/aromatic N) is 1. The molecule has 0 bridgehead atoms. The smallest absolute Gasteiger partial charge is 0.0762 e. The molecular weight excluding hydrogens is 327 g/mol. The Kier molecular flexibility index (Phi) is 6.31. The van der Waals surface area contributed by atoms with Gasteiger partial charge in [0.2, 0.25) is 0 Å². The van der Waals surface area contributed by atoms with Crippen molar-refractivity contribution in [2.75, 3.05) is 6.54 Å². The van der Waals surface area contributed by atoms with E-state index in [0.717, 1.165) is 24.2 Å². The molecule has 0 fully saturated rings. The van der Waals surface area contributed by atoms with Crippen LogP contribution in [0.2, 0.25) is 15.1 Å². The van der Waals surface area contributed by atoms with E-state index in [2.05, 4.69) is 17.2 Å². The first-order chi connectivity index (χ1) is 10.1. The summed E-state index contributed by atoms with van der Waals surface area (Å²) in [6, 6.07) is 9.18. The van der Waals surface area contributed by atoms with Crippen LogP contribution in [-0.2, 0) is 6.42 Å². The zero-order valence-electron chi connectivity index (χ0n) is 11.7. The second-order valence-electron chi connectivity index (χ2n) is 4.82. The number of benzene rings is 1. The van der Waals surface area contributed by atoms with E-state index in [0.29, 0.717) is 21.5 Å². The Labute approximate surface area is 140 Å². The van der Waals surface area contributed by atoms with Gasteiger partial charge in [-0.15, -0.1) is 0 Å². The number of rotatable bonds is 6. The van der Waals surface area contributed by atoms with Crippen LogP contribution in [0.5, 0.6) is 0 Å². The number of pyridine rings is 1. The lowest BCUT2D eigenvalue weighted by Gasteiger charge is -2.20. The zero-order valence-corrected chi connectivity index (χ0v) is 14.0. The van der Waals surface area contributed by atoms with E-state index in [9.17, 15) is 0 Å². The topological polar surface area (TPSA) is 24.9 Å². The average molecular weight is 344 g/mol. The third-order valence-corrected chi connectivity index (χ3v) is 4.11. The van der Waals surface area contributed by atoms with Crippen molar-refractivity contribution >= 4 is 34.8 Å². The van der Waals surface area contributed by atoms with Crippen LogP contribution in [0.25, 0.3) is 0 Å². The molecule has 1 N–H and O–H groups in total. The van der Waals surface area contributed by atoms with E-state index in [-0.39, 0.29) is 6.04 Å². The fourth-order valence-electron chi connectivity index (χ4n) is 2.16. The predicted octanol–water partition coefficient (Wildman–Crippen LogP) is 5.33. The molecule has 0 amide bonds. The van der Waals surface area contributed by atoms with Crippen molar-refractivity contribution in [1.29, 1.82) is 0 Å². The quantitative estimate of drug-likeness (QED) is 0.767. The molecule has 5 heteroatoms. The van der Waals surface area contributed by atoms with E-state index in [1.807, 2.05) is 24.3 Å². The molecule has 1 aromatic carbocycles. The molecule has 21 heavy (non-hydrogen) atoms. The first kappa shape index (κ1) is 16.6.